The summed E-state index contributed by atoms with van der Waals surface area (Å²) < 4.78 is 164. The van der Waals surface area contributed by atoms with Crippen LogP contribution in [-0.4, -0.2) is 370 Å². The molecule has 0 aromatic carbocycles. The van der Waals surface area contributed by atoms with Crippen molar-refractivity contribution in [2.45, 2.75) is 445 Å². The maximum absolute atomic E-state index is 13.8. The van der Waals surface area contributed by atoms with Crippen LogP contribution in [0.25, 0.3) is 0 Å². The summed E-state index contributed by atoms with van der Waals surface area (Å²) in [5.74, 6) is -4.63. The highest BCUT2D eigenvalue weighted by Gasteiger charge is 2.47. The molecular formula is C104H197F4N5O19. The van der Waals surface area contributed by atoms with Crippen molar-refractivity contribution in [2.24, 2.45) is 22.7 Å². The van der Waals surface area contributed by atoms with E-state index in [2.05, 4.69) is 211 Å². The van der Waals surface area contributed by atoms with Crippen LogP contribution in [0.15, 0.2) is 0 Å². The van der Waals surface area contributed by atoms with Crippen LogP contribution < -0.4 is 0 Å². The second-order valence-electron chi connectivity index (χ2n) is 50.1. The molecule has 0 radical (unpaired) electrons. The fourth-order valence-corrected chi connectivity index (χ4v) is 16.7. The number of hydrogen-bond acceptors (Lipinski definition) is 24. The van der Waals surface area contributed by atoms with Gasteiger partial charge in [0.05, 0.1) is 147 Å². The van der Waals surface area contributed by atoms with Gasteiger partial charge in [0.25, 0.3) is 11.8 Å². The molecule has 0 bridgehead atoms. The summed E-state index contributed by atoms with van der Waals surface area (Å²) >= 11 is 0. The second kappa shape index (κ2) is 52.8. The average molecular weight is 1900 g/mol. The molecule has 132 heavy (non-hydrogen) atoms. The normalized spacial score (nSPS) is 26.1. The van der Waals surface area contributed by atoms with Gasteiger partial charge in [-0.1, -0.05) is 20.8 Å². The van der Waals surface area contributed by atoms with E-state index in [1.54, 1.807) is 0 Å². The lowest BCUT2D eigenvalue weighted by atomic mass is 9.67. The van der Waals surface area contributed by atoms with Gasteiger partial charge in [0.1, 0.15) is 26.4 Å². The highest BCUT2D eigenvalue weighted by molar-refractivity contribution is 4.97. The van der Waals surface area contributed by atoms with Crippen LogP contribution in [0.5, 0.6) is 0 Å². The molecule has 11 fully saturated rings. The molecule has 0 N–H and O–H groups in total. The number of alkyl halides is 4. The Morgan fingerprint density at radius 1 is 0.258 bits per heavy atom. The van der Waals surface area contributed by atoms with E-state index >= 15 is 0 Å². The Hall–Kier alpha value is -1.24. The maximum Gasteiger partial charge on any atom is 0.293 e. The summed E-state index contributed by atoms with van der Waals surface area (Å²) in [6.07, 6.45) is 17.8. The summed E-state index contributed by atoms with van der Waals surface area (Å²) in [7, 11) is 0. The molecule has 0 spiro atoms. The molecule has 0 aromatic rings. The van der Waals surface area contributed by atoms with Gasteiger partial charge in [-0.15, -0.1) is 0 Å². The number of hydrogen-bond donors (Lipinski definition) is 0. The molecular weight excluding hydrogens is 1700 g/mol. The number of halogens is 4. The first-order chi connectivity index (χ1) is 61.0. The summed E-state index contributed by atoms with van der Waals surface area (Å²) in [6.45, 7) is 83.6. The lowest BCUT2D eigenvalue weighted by Gasteiger charge is -2.47. The molecule has 6 heterocycles. The molecule has 5 saturated carbocycles. The largest absolute Gasteiger partial charge is 0.381 e. The summed E-state index contributed by atoms with van der Waals surface area (Å²) in [5.41, 5.74) is 1.04. The average Bonchev–Trinajstić information content (AvgIpc) is 0.806. The quantitative estimate of drug-likeness (QED) is 0.0412. The molecule has 0 amide bonds. The van der Waals surface area contributed by atoms with Crippen LogP contribution >= 0.6 is 0 Å². The Kier molecular flexibility index (Phi) is 47.1. The number of nitrogens with zero attached hydrogens (tertiary/aromatic N) is 5. The third kappa shape index (κ3) is 47.3. The Labute approximate surface area is 800 Å². The smallest absolute Gasteiger partial charge is 0.293 e. The monoisotopic (exact) mass is 1900 g/mol. The third-order valence-corrected chi connectivity index (χ3v) is 26.2. The minimum absolute atomic E-state index is 0.0244. The number of likely N-dealkylation sites (tertiary alicyclic amines) is 5. The third-order valence-electron chi connectivity index (χ3n) is 26.2. The van der Waals surface area contributed by atoms with E-state index in [-0.39, 0.29) is 98.1 Å². The van der Waals surface area contributed by atoms with Gasteiger partial charge in [0.2, 0.25) is 0 Å². The zero-order valence-corrected chi connectivity index (χ0v) is 89.2. The van der Waals surface area contributed by atoms with E-state index in [0.717, 1.165) is 215 Å². The van der Waals surface area contributed by atoms with Crippen LogP contribution in [0.4, 0.5) is 17.6 Å². The number of ether oxygens (including phenoxy) is 19. The van der Waals surface area contributed by atoms with E-state index in [4.69, 9.17) is 90.0 Å². The molecule has 11 aliphatic rings. The first kappa shape index (κ1) is 118. The lowest BCUT2D eigenvalue weighted by molar-refractivity contribution is -0.208. The van der Waals surface area contributed by atoms with Gasteiger partial charge in [-0.25, -0.2) is 17.6 Å². The Bertz CT molecular complexity index is 3080. The van der Waals surface area contributed by atoms with E-state index in [9.17, 15) is 17.6 Å². The predicted molar refractivity (Wildman–Crippen MR) is 516 cm³/mol. The van der Waals surface area contributed by atoms with Gasteiger partial charge in [-0.3, -0.25) is 24.5 Å². The van der Waals surface area contributed by atoms with Crippen molar-refractivity contribution < 1.29 is 108 Å². The van der Waals surface area contributed by atoms with Gasteiger partial charge in [-0.2, -0.15) is 0 Å². The number of rotatable bonds is 50. The topological polar surface area (TPSA) is 192 Å². The Balaban J connectivity index is 0.000000226. The molecule has 5 aliphatic carbocycles. The van der Waals surface area contributed by atoms with Crippen molar-refractivity contribution in [3.05, 3.63) is 0 Å². The Morgan fingerprint density at radius 3 is 0.864 bits per heavy atom. The highest BCUT2D eigenvalue weighted by Crippen LogP contribution is 2.44. The standard InChI is InChI=1S/C23H43NO5.C22H41NO4.C21H39F2NO4.C21H39F2NO3.C17H35NO3/c1-21(2,3)24-12-20(13-24)27-9-7-8-25-14-23(15-26-16-23)17-28-18-10-19(11-18)29-22(4,5)6;1-21(2,3)23-13-20(14-23)25-8-7-24-17-9-16(10-17)15-26-18-11-19(12-18)27-22(4,5)6;1-19(2,3)24-12-18(13-24)27-15-21(22,23)14-25-8-7-9-26-16-10-17(11-16)28-20(4,5)6;1-19(2,3)16-10-17(11-16)27-15-21(22,23)14-25-8-7-9-26-18-12-24(13-18)20(4,5)6;1-16(2,3)18-13-15(14-18)20-11-7-9-19-10-8-12-21-17(4,5)6/h18-20H,7-17H2,1-6H3;16-20H,7-15H2,1-6H3;16-18H,7-15H2,1-6H3;16-18H,7-15H2,1-6H3;15H,7-14H2,1-6H3. The SMILES string of the molecule is CC(C)(C)C1CC(OCC(F)(F)COCCCOC2CN(C(C)(C)C)C2)C1.CC(C)(C)OC1CC(OCC2(COCCCOC3CN(C(C)(C)C)C3)COC2)C1.CC(C)(C)OC1CC(OCC2CC(OCCOC3CN(C(C)(C)C)C3)C2)C1.CC(C)(C)OC1CC(OCCCOCC(F)(F)COC2CN(C(C)(C)C)C2)C1.CC(C)(C)OCCCOCCCOC1CN(C(C)(C)C)C1. The summed E-state index contributed by atoms with van der Waals surface area (Å²) in [6, 6.07) is 0. The first-order valence-electron chi connectivity index (χ1n) is 51.3. The minimum atomic E-state index is -2.95. The lowest BCUT2D eigenvalue weighted by Crippen LogP contribution is -2.60. The molecule has 0 atom stereocenters. The van der Waals surface area contributed by atoms with Crippen LogP contribution in [0, 0.1) is 22.7 Å². The maximum atomic E-state index is 13.8. The molecule has 0 unspecified atom stereocenters. The van der Waals surface area contributed by atoms with Crippen LogP contribution in [-0.2, 0) is 90.0 Å². The fraction of sp³-hybridized carbons (Fsp3) is 1.00. The van der Waals surface area contributed by atoms with E-state index < -0.39 is 38.3 Å². The van der Waals surface area contributed by atoms with Gasteiger partial charge in [-0.05, 0) is 301 Å². The molecule has 780 valence electrons. The van der Waals surface area contributed by atoms with Crippen LogP contribution in [0.1, 0.15) is 304 Å². The molecule has 11 rings (SSSR count). The first-order valence-corrected chi connectivity index (χ1v) is 51.3. The fourth-order valence-electron chi connectivity index (χ4n) is 16.7. The van der Waals surface area contributed by atoms with E-state index in [1.165, 1.54) is 0 Å². The molecule has 24 nitrogen and oxygen atoms in total. The van der Waals surface area contributed by atoms with Gasteiger partial charge in [0.15, 0.2) is 0 Å². The highest BCUT2D eigenvalue weighted by atomic mass is 19.3. The van der Waals surface area contributed by atoms with Crippen molar-refractivity contribution in [1.29, 1.82) is 0 Å². The van der Waals surface area contributed by atoms with Crippen molar-refractivity contribution in [2.75, 3.05) is 204 Å². The second-order valence-corrected chi connectivity index (χ2v) is 50.1. The van der Waals surface area contributed by atoms with Gasteiger partial charge in [0, 0.05) is 166 Å². The summed E-state index contributed by atoms with van der Waals surface area (Å²) in [5, 5.41) is 0. The van der Waals surface area contributed by atoms with Gasteiger partial charge < -0.3 is 90.0 Å². The summed E-state index contributed by atoms with van der Waals surface area (Å²) in [4.78, 5) is 11.9. The Morgan fingerprint density at radius 2 is 0.538 bits per heavy atom. The molecule has 28 heteroatoms. The zero-order valence-electron chi connectivity index (χ0n) is 89.2. The predicted octanol–water partition coefficient (Wildman–Crippen LogP) is 18.3. The molecule has 6 saturated heterocycles. The van der Waals surface area contributed by atoms with Crippen molar-refractivity contribution in [3.63, 3.8) is 0 Å². The zero-order chi connectivity index (χ0) is 98.0. The van der Waals surface area contributed by atoms with Crippen molar-refractivity contribution in [3.8, 4) is 0 Å². The van der Waals surface area contributed by atoms with Gasteiger partial charge >= 0.3 is 0 Å². The minimum Gasteiger partial charge on any atom is -0.381 e. The van der Waals surface area contributed by atoms with Crippen molar-refractivity contribution >= 4 is 0 Å². The van der Waals surface area contributed by atoms with Crippen molar-refractivity contribution in [1.82, 2.24) is 24.5 Å². The molecule has 6 aliphatic heterocycles. The molecule has 0 aromatic heterocycles. The van der Waals surface area contributed by atoms with Crippen LogP contribution in [0.3, 0.4) is 0 Å². The van der Waals surface area contributed by atoms with E-state index in [0.29, 0.717) is 113 Å². The van der Waals surface area contributed by atoms with E-state index in [1.807, 2.05) is 20.8 Å². The van der Waals surface area contributed by atoms with Crippen LogP contribution in [0.2, 0.25) is 0 Å².